The number of nitrogens with zero attached hydrogens (tertiary/aromatic N) is 2. The minimum absolute atomic E-state index is 0.0231. The van der Waals surface area contributed by atoms with E-state index in [1.54, 1.807) is 0 Å². The normalized spacial score (nSPS) is 25.9. The van der Waals surface area contributed by atoms with Crippen LogP contribution in [0.3, 0.4) is 0 Å². The van der Waals surface area contributed by atoms with Crippen LogP contribution in [-0.4, -0.2) is 46.9 Å². The number of carbonyl (C=O) groups is 1. The number of rotatable bonds is 5. The molecule has 2 aliphatic heterocycles. The first-order valence-electron chi connectivity index (χ1n) is 9.54. The van der Waals surface area contributed by atoms with Crippen molar-refractivity contribution >= 4 is 41.2 Å². The number of ether oxygens (including phenoxy) is 2. The number of aliphatic imine (C=N–C) groups is 1. The third kappa shape index (κ3) is 4.52. The SMILES string of the molecule is NC1=N[C@@]2(c3cc(NC(=O)c4ccc(OC(F)S)cn4)ccc3F)COC[C@@H](F)[C@H]2CS1. The lowest BCUT2D eigenvalue weighted by atomic mass is 9.75. The highest BCUT2D eigenvalue weighted by Gasteiger charge is 2.51. The van der Waals surface area contributed by atoms with Crippen molar-refractivity contribution in [3.63, 3.8) is 0 Å². The van der Waals surface area contributed by atoms with E-state index in [0.717, 1.165) is 0 Å². The number of pyridine rings is 1. The van der Waals surface area contributed by atoms with Crippen LogP contribution in [0.2, 0.25) is 0 Å². The molecule has 170 valence electrons. The van der Waals surface area contributed by atoms with Crippen molar-refractivity contribution in [3.8, 4) is 5.75 Å². The van der Waals surface area contributed by atoms with E-state index < -0.39 is 35.0 Å². The molecule has 1 aromatic carbocycles. The Hall–Kier alpha value is -2.44. The van der Waals surface area contributed by atoms with Crippen molar-refractivity contribution in [2.24, 2.45) is 16.6 Å². The van der Waals surface area contributed by atoms with Crippen molar-refractivity contribution in [2.45, 2.75) is 17.4 Å². The van der Waals surface area contributed by atoms with Crippen LogP contribution in [0.15, 0.2) is 41.5 Å². The zero-order valence-corrected chi connectivity index (χ0v) is 18.2. The lowest BCUT2D eigenvalue weighted by Gasteiger charge is -2.45. The van der Waals surface area contributed by atoms with E-state index in [4.69, 9.17) is 15.2 Å². The summed E-state index contributed by atoms with van der Waals surface area (Å²) >= 11 is 4.69. The van der Waals surface area contributed by atoms with Gasteiger partial charge in [0.05, 0.1) is 19.4 Å². The van der Waals surface area contributed by atoms with Gasteiger partial charge in [0.2, 0.25) is 0 Å². The van der Waals surface area contributed by atoms with E-state index >= 15 is 0 Å². The summed E-state index contributed by atoms with van der Waals surface area (Å²) in [6, 6.07) is 6.65. The van der Waals surface area contributed by atoms with Gasteiger partial charge in [-0.3, -0.25) is 4.79 Å². The summed E-state index contributed by atoms with van der Waals surface area (Å²) in [5, 5.41) is 2.84. The van der Waals surface area contributed by atoms with Crippen LogP contribution >= 0.6 is 24.4 Å². The quantitative estimate of drug-likeness (QED) is 0.445. The molecule has 32 heavy (non-hydrogen) atoms. The predicted octanol–water partition coefficient (Wildman–Crippen LogP) is 3.28. The molecule has 1 saturated heterocycles. The topological polar surface area (TPSA) is 98.8 Å². The van der Waals surface area contributed by atoms with Crippen molar-refractivity contribution in [3.05, 3.63) is 53.6 Å². The number of hydrogen-bond donors (Lipinski definition) is 3. The molecule has 1 unspecified atom stereocenters. The molecule has 2 aliphatic rings. The highest BCUT2D eigenvalue weighted by Crippen LogP contribution is 2.46. The molecule has 0 saturated carbocycles. The van der Waals surface area contributed by atoms with Gasteiger partial charge < -0.3 is 20.5 Å². The largest absolute Gasteiger partial charge is 0.450 e. The second-order valence-electron chi connectivity index (χ2n) is 7.26. The Bertz CT molecular complexity index is 1040. The number of nitrogens with one attached hydrogen (secondary N) is 1. The van der Waals surface area contributed by atoms with Crippen LogP contribution in [0.4, 0.5) is 18.9 Å². The zero-order chi connectivity index (χ0) is 22.9. The van der Waals surface area contributed by atoms with Crippen molar-refractivity contribution < 1.29 is 27.4 Å². The number of amidine groups is 1. The maximum absolute atomic E-state index is 14.9. The minimum Gasteiger partial charge on any atom is -0.450 e. The maximum atomic E-state index is 14.9. The summed E-state index contributed by atoms with van der Waals surface area (Å²) in [6.07, 6.45) is -0.160. The second-order valence-corrected chi connectivity index (χ2v) is 8.71. The molecule has 1 amide bonds. The summed E-state index contributed by atoms with van der Waals surface area (Å²) in [6.45, 7) is -0.125. The van der Waals surface area contributed by atoms with Crippen LogP contribution in [0.1, 0.15) is 16.1 Å². The number of halogens is 3. The zero-order valence-electron chi connectivity index (χ0n) is 16.5. The number of nitrogens with two attached hydrogens (primary N) is 1. The number of thiol groups is 1. The van der Waals surface area contributed by atoms with Gasteiger partial charge >= 0.3 is 0 Å². The van der Waals surface area contributed by atoms with Crippen molar-refractivity contribution in [1.29, 1.82) is 0 Å². The van der Waals surface area contributed by atoms with Crippen LogP contribution in [0.25, 0.3) is 0 Å². The fraction of sp³-hybridized carbons (Fsp3) is 0.350. The number of benzene rings is 1. The smallest absolute Gasteiger partial charge is 0.283 e. The molecule has 0 bridgehead atoms. The van der Waals surface area contributed by atoms with E-state index in [-0.39, 0.29) is 41.1 Å². The molecule has 2 aromatic rings. The lowest BCUT2D eigenvalue weighted by Crippen LogP contribution is -2.53. The number of carbonyl (C=O) groups excluding carboxylic acids is 1. The van der Waals surface area contributed by atoms with E-state index in [9.17, 15) is 18.0 Å². The first kappa shape index (κ1) is 22.7. The molecule has 12 heteroatoms. The second kappa shape index (κ2) is 9.20. The molecular formula is C20H19F3N4O3S2. The molecule has 0 aliphatic carbocycles. The number of hydrogen-bond acceptors (Lipinski definition) is 8. The summed E-state index contributed by atoms with van der Waals surface area (Å²) in [5.74, 6) is -1.39. The van der Waals surface area contributed by atoms with E-state index in [1.807, 2.05) is 0 Å². The Kier molecular flexibility index (Phi) is 6.54. The molecule has 1 fully saturated rings. The summed E-state index contributed by atoms with van der Waals surface area (Å²) in [5.41, 5.74) is 3.11. The molecule has 0 spiro atoms. The highest BCUT2D eigenvalue weighted by molar-refractivity contribution is 8.13. The number of aromatic nitrogens is 1. The molecular weight excluding hydrogens is 465 g/mol. The first-order valence-corrected chi connectivity index (χ1v) is 11.0. The average Bonchev–Trinajstić information content (AvgIpc) is 2.75. The van der Waals surface area contributed by atoms with Gasteiger partial charge in [-0.15, -0.1) is 12.6 Å². The van der Waals surface area contributed by atoms with Gasteiger partial charge in [-0.25, -0.2) is 18.8 Å². The Morgan fingerprint density at radius 1 is 1.41 bits per heavy atom. The third-order valence-electron chi connectivity index (χ3n) is 5.26. The van der Waals surface area contributed by atoms with Crippen LogP contribution in [0, 0.1) is 11.7 Å². The Morgan fingerprint density at radius 2 is 2.22 bits per heavy atom. The standard InChI is InChI=1S/C20H19F3N4O3S2/c21-14-3-1-10(26-17(28)16-4-2-11(6-25-16)30-18(23)31)5-12(14)20-9-29-7-15(22)13(20)8-32-19(24)27-20/h1-6,13,15,18,31H,7-9H2,(H2,24,27)(H,26,28)/t13-,15-,18?,20-/m1/s1. The van der Waals surface area contributed by atoms with Gasteiger partial charge in [-0.05, 0) is 30.3 Å². The molecule has 4 atom stereocenters. The molecule has 3 heterocycles. The van der Waals surface area contributed by atoms with Gasteiger partial charge in [0, 0.05) is 22.9 Å². The van der Waals surface area contributed by atoms with Gasteiger partial charge in [0.25, 0.3) is 11.6 Å². The van der Waals surface area contributed by atoms with Crippen LogP contribution in [0.5, 0.6) is 5.75 Å². The van der Waals surface area contributed by atoms with Gasteiger partial charge in [-0.2, -0.15) is 4.39 Å². The molecule has 0 radical (unpaired) electrons. The number of thioether (sulfide) groups is 1. The van der Waals surface area contributed by atoms with E-state index in [2.05, 4.69) is 27.9 Å². The maximum Gasteiger partial charge on any atom is 0.283 e. The molecule has 3 N–H and O–H groups in total. The van der Waals surface area contributed by atoms with Gasteiger partial charge in [0.15, 0.2) is 5.17 Å². The highest BCUT2D eigenvalue weighted by atomic mass is 32.2. The predicted molar refractivity (Wildman–Crippen MR) is 118 cm³/mol. The Balaban J connectivity index is 1.61. The third-order valence-corrected chi connectivity index (χ3v) is 6.28. The summed E-state index contributed by atoms with van der Waals surface area (Å²) in [7, 11) is 0. The van der Waals surface area contributed by atoms with Crippen LogP contribution < -0.4 is 15.8 Å². The minimum atomic E-state index is -1.82. The monoisotopic (exact) mass is 484 g/mol. The molecule has 4 rings (SSSR count). The Labute approximate surface area is 191 Å². The number of amides is 1. The van der Waals surface area contributed by atoms with Gasteiger partial charge in [-0.1, -0.05) is 11.8 Å². The lowest BCUT2D eigenvalue weighted by molar-refractivity contribution is -0.0526. The fourth-order valence-corrected chi connectivity index (χ4v) is 4.96. The Morgan fingerprint density at radius 3 is 2.94 bits per heavy atom. The number of anilines is 1. The molecule has 7 nitrogen and oxygen atoms in total. The fourth-order valence-electron chi connectivity index (χ4n) is 3.78. The number of fused-ring (bicyclic) bond motifs is 1. The van der Waals surface area contributed by atoms with Crippen molar-refractivity contribution in [1.82, 2.24) is 4.98 Å². The summed E-state index contributed by atoms with van der Waals surface area (Å²) < 4.78 is 52.5. The van der Waals surface area contributed by atoms with Crippen LogP contribution in [-0.2, 0) is 10.3 Å². The number of alkyl halides is 2. The molecule has 1 aromatic heterocycles. The summed E-state index contributed by atoms with van der Waals surface area (Å²) in [4.78, 5) is 20.9. The van der Waals surface area contributed by atoms with Gasteiger partial charge in [0.1, 0.15) is 29.0 Å². The van der Waals surface area contributed by atoms with E-state index in [0.29, 0.717) is 5.75 Å². The average molecular weight is 485 g/mol. The first-order chi connectivity index (χ1) is 15.3. The van der Waals surface area contributed by atoms with E-state index in [1.165, 1.54) is 48.3 Å². The van der Waals surface area contributed by atoms with Crippen molar-refractivity contribution in [2.75, 3.05) is 24.3 Å².